The van der Waals surface area contributed by atoms with E-state index in [9.17, 15) is 13.2 Å². The van der Waals surface area contributed by atoms with Gasteiger partial charge in [0.05, 0.1) is 0 Å². The summed E-state index contributed by atoms with van der Waals surface area (Å²) in [6, 6.07) is 0. The number of hydrogen-bond donors (Lipinski definition) is 0. The Morgan fingerprint density at radius 1 is 1.22 bits per heavy atom. The zero-order chi connectivity index (χ0) is 6.85. The first-order valence-electron chi connectivity index (χ1n) is 2.54. The predicted octanol–water partition coefficient (Wildman–Crippen LogP) is 2.09. The van der Waals surface area contributed by atoms with Gasteiger partial charge in [-0.3, -0.25) is 0 Å². The van der Waals surface area contributed by atoms with Gasteiger partial charge in [-0.2, -0.15) is 0 Å². The number of halogens is 3. The average Bonchev–Trinajstić information content (AvgIpc) is 1.80. The lowest BCUT2D eigenvalue weighted by atomic mass is 10.1. The Morgan fingerprint density at radius 3 is 2.33 bits per heavy atom. The number of alkyl halides is 2. The molecule has 0 nitrogen and oxygen atoms in total. The highest BCUT2D eigenvalue weighted by Crippen LogP contribution is 2.17. The van der Waals surface area contributed by atoms with Crippen LogP contribution in [0.25, 0.3) is 0 Å². The minimum Gasteiger partial charge on any atom is -0.238 e. The lowest BCUT2D eigenvalue weighted by Gasteiger charge is -2.05. The van der Waals surface area contributed by atoms with Crippen LogP contribution in [0.1, 0.15) is 0 Å². The maximum atomic E-state index is 12.1. The van der Waals surface area contributed by atoms with E-state index in [4.69, 9.17) is 0 Å². The third-order valence-electron chi connectivity index (χ3n) is 1.05. The van der Waals surface area contributed by atoms with E-state index >= 15 is 0 Å². The fraction of sp³-hybridized carbons (Fsp3) is 0.333. The molecule has 1 rings (SSSR count). The number of rotatable bonds is 0. The van der Waals surface area contributed by atoms with E-state index in [1.807, 2.05) is 0 Å². The van der Waals surface area contributed by atoms with Crippen molar-refractivity contribution in [3.8, 4) is 0 Å². The zero-order valence-corrected chi connectivity index (χ0v) is 4.52. The first-order chi connectivity index (χ1) is 4.20. The summed E-state index contributed by atoms with van der Waals surface area (Å²) in [7, 11) is 0. The van der Waals surface area contributed by atoms with Gasteiger partial charge in [-0.05, 0) is 18.2 Å². The lowest BCUT2D eigenvalue weighted by molar-refractivity contribution is 0.355. The Hall–Kier alpha value is -0.730. The summed E-state index contributed by atoms with van der Waals surface area (Å²) in [6.07, 6.45) is -0.743. The maximum absolute atomic E-state index is 12.1. The summed E-state index contributed by atoms with van der Waals surface area (Å²) in [5, 5.41) is 0. The molecule has 0 bridgehead atoms. The lowest BCUT2D eigenvalue weighted by Crippen LogP contribution is -2.05. The van der Waals surface area contributed by atoms with Gasteiger partial charge in [-0.15, -0.1) is 0 Å². The molecule has 0 N–H and O–H groups in total. The van der Waals surface area contributed by atoms with Crippen LogP contribution >= 0.6 is 0 Å². The van der Waals surface area contributed by atoms with Gasteiger partial charge in [0, 0.05) is 0 Å². The van der Waals surface area contributed by atoms with Gasteiger partial charge in [0.25, 0.3) is 0 Å². The molecule has 0 fully saturated rings. The number of allylic oxidation sites excluding steroid dienone is 4. The standard InChI is InChI=1S/C6H5F3/c7-4-1-2-5(8)6(9)3-4/h1-5H. The van der Waals surface area contributed by atoms with E-state index in [0.717, 1.165) is 12.2 Å². The summed E-state index contributed by atoms with van der Waals surface area (Å²) in [6.45, 7) is 0. The van der Waals surface area contributed by atoms with Crippen LogP contribution in [0.5, 0.6) is 0 Å². The minimum absolute atomic E-state index is 0.616. The highest BCUT2D eigenvalue weighted by atomic mass is 19.2. The summed E-state index contributed by atoms with van der Waals surface area (Å²) < 4.78 is 36.1. The van der Waals surface area contributed by atoms with E-state index < -0.39 is 18.2 Å². The van der Waals surface area contributed by atoms with Crippen LogP contribution in [0.2, 0.25) is 0 Å². The third-order valence-corrected chi connectivity index (χ3v) is 1.05. The molecule has 0 amide bonds. The second-order valence-electron chi connectivity index (χ2n) is 1.78. The SMILES string of the molecule is FC1=CC(F)C=CC1F. The first kappa shape index (κ1) is 6.39. The summed E-state index contributed by atoms with van der Waals surface area (Å²) in [5.41, 5.74) is 0. The fourth-order valence-corrected chi connectivity index (χ4v) is 0.595. The molecule has 0 saturated heterocycles. The quantitative estimate of drug-likeness (QED) is 0.445. The first-order valence-corrected chi connectivity index (χ1v) is 2.54. The van der Waals surface area contributed by atoms with Crippen molar-refractivity contribution in [2.24, 2.45) is 0 Å². The molecule has 0 aromatic carbocycles. The molecule has 0 aliphatic heterocycles. The van der Waals surface area contributed by atoms with Gasteiger partial charge < -0.3 is 0 Å². The van der Waals surface area contributed by atoms with Crippen molar-refractivity contribution in [3.63, 3.8) is 0 Å². The normalized spacial score (nSPS) is 34.3. The highest BCUT2D eigenvalue weighted by molar-refractivity contribution is 5.20. The summed E-state index contributed by atoms with van der Waals surface area (Å²) in [4.78, 5) is 0. The monoisotopic (exact) mass is 134 g/mol. The zero-order valence-electron chi connectivity index (χ0n) is 4.52. The highest BCUT2D eigenvalue weighted by Gasteiger charge is 2.15. The Bertz CT molecular complexity index is 160. The van der Waals surface area contributed by atoms with Crippen molar-refractivity contribution in [1.82, 2.24) is 0 Å². The van der Waals surface area contributed by atoms with Crippen LogP contribution in [0, 0.1) is 0 Å². The van der Waals surface area contributed by atoms with Crippen LogP contribution in [-0.2, 0) is 0 Å². The molecule has 3 heteroatoms. The van der Waals surface area contributed by atoms with Crippen molar-refractivity contribution < 1.29 is 13.2 Å². The molecular weight excluding hydrogens is 129 g/mol. The van der Waals surface area contributed by atoms with Gasteiger partial charge in [0.2, 0.25) is 0 Å². The van der Waals surface area contributed by atoms with E-state index in [1.54, 1.807) is 0 Å². The Kier molecular flexibility index (Phi) is 1.60. The van der Waals surface area contributed by atoms with Crippen LogP contribution in [-0.4, -0.2) is 12.3 Å². The van der Waals surface area contributed by atoms with Crippen molar-refractivity contribution >= 4 is 0 Å². The molecule has 0 heterocycles. The topological polar surface area (TPSA) is 0 Å². The van der Waals surface area contributed by atoms with Gasteiger partial charge >= 0.3 is 0 Å². The summed E-state index contributed by atoms with van der Waals surface area (Å²) in [5.74, 6) is -1.04. The molecule has 0 radical (unpaired) electrons. The van der Waals surface area contributed by atoms with Crippen molar-refractivity contribution in [2.75, 3.05) is 0 Å². The Labute approximate surface area is 50.7 Å². The van der Waals surface area contributed by atoms with Crippen molar-refractivity contribution in [3.05, 3.63) is 24.1 Å². The molecular formula is C6H5F3. The molecule has 0 aromatic heterocycles. The van der Waals surface area contributed by atoms with Crippen LogP contribution in [0.3, 0.4) is 0 Å². The molecule has 50 valence electrons. The van der Waals surface area contributed by atoms with E-state index in [1.165, 1.54) is 0 Å². The number of hydrogen-bond acceptors (Lipinski definition) is 0. The Balaban J connectivity index is 2.70. The Morgan fingerprint density at radius 2 is 1.89 bits per heavy atom. The van der Waals surface area contributed by atoms with Gasteiger partial charge in [0.1, 0.15) is 12.0 Å². The maximum Gasteiger partial charge on any atom is 0.169 e. The smallest absolute Gasteiger partial charge is 0.169 e. The molecule has 2 unspecified atom stereocenters. The molecule has 9 heavy (non-hydrogen) atoms. The third kappa shape index (κ3) is 1.34. The van der Waals surface area contributed by atoms with Gasteiger partial charge in [-0.25, -0.2) is 13.2 Å². The average molecular weight is 134 g/mol. The van der Waals surface area contributed by atoms with Crippen LogP contribution in [0.15, 0.2) is 24.1 Å². The van der Waals surface area contributed by atoms with Gasteiger partial charge in [0.15, 0.2) is 6.17 Å². The molecule has 1 aliphatic rings. The minimum atomic E-state index is -1.74. The molecule has 1 aliphatic carbocycles. The second-order valence-corrected chi connectivity index (χ2v) is 1.78. The van der Waals surface area contributed by atoms with Crippen LogP contribution in [0.4, 0.5) is 13.2 Å². The van der Waals surface area contributed by atoms with Gasteiger partial charge in [-0.1, -0.05) is 0 Å². The van der Waals surface area contributed by atoms with Crippen LogP contribution < -0.4 is 0 Å². The largest absolute Gasteiger partial charge is 0.238 e. The molecule has 0 saturated carbocycles. The predicted molar refractivity (Wildman–Crippen MR) is 28.1 cm³/mol. The van der Waals surface area contributed by atoms with Crippen molar-refractivity contribution in [2.45, 2.75) is 12.3 Å². The molecule has 2 atom stereocenters. The fourth-order valence-electron chi connectivity index (χ4n) is 0.595. The van der Waals surface area contributed by atoms with E-state index in [-0.39, 0.29) is 0 Å². The van der Waals surface area contributed by atoms with E-state index in [2.05, 4.69) is 0 Å². The second kappa shape index (κ2) is 2.25. The van der Waals surface area contributed by atoms with E-state index in [0.29, 0.717) is 6.08 Å². The molecule has 0 aromatic rings. The van der Waals surface area contributed by atoms with Crippen molar-refractivity contribution in [1.29, 1.82) is 0 Å². The molecule has 0 spiro atoms. The summed E-state index contributed by atoms with van der Waals surface area (Å²) >= 11 is 0.